The largest absolute Gasteiger partial charge is 0.460 e. The van der Waals surface area contributed by atoms with Crippen molar-refractivity contribution in [3.05, 3.63) is 70.8 Å². The lowest BCUT2D eigenvalue weighted by atomic mass is 9.81. The quantitative estimate of drug-likeness (QED) is 0.579. The molecule has 1 atom stereocenters. The van der Waals surface area contributed by atoms with Gasteiger partial charge in [-0.3, -0.25) is 4.57 Å². The molecular weight excluding hydrogens is 432 g/mol. The standard InChI is InChI=1S/C25H26N6O3/c1-3-33-25(32)23-28-12-13-31(23)17-10-8-15(9-11-17)19-18(14-26)22(27)34-24-20(19)21(29-30(24)2)16-6-4-5-7-16/h8-13,16,19H,3-7,27H2,1-2H3. The summed E-state index contributed by atoms with van der Waals surface area (Å²) in [7, 11) is 1.85. The van der Waals surface area contributed by atoms with Gasteiger partial charge in [0.1, 0.15) is 11.6 Å². The Balaban J connectivity index is 1.58. The molecule has 2 aromatic heterocycles. The average Bonchev–Trinajstić information content (AvgIpc) is 3.59. The van der Waals surface area contributed by atoms with Gasteiger partial charge < -0.3 is 15.2 Å². The van der Waals surface area contributed by atoms with Gasteiger partial charge in [0.2, 0.25) is 17.6 Å². The number of rotatable bonds is 5. The summed E-state index contributed by atoms with van der Waals surface area (Å²) in [5.41, 5.74) is 10.1. The number of hydrogen-bond acceptors (Lipinski definition) is 7. The van der Waals surface area contributed by atoms with E-state index in [0.717, 1.165) is 35.3 Å². The Kier molecular flexibility index (Phi) is 5.57. The Morgan fingerprint density at radius 1 is 1.29 bits per heavy atom. The van der Waals surface area contributed by atoms with E-state index in [1.54, 1.807) is 28.6 Å². The molecule has 1 saturated carbocycles. The third kappa shape index (κ3) is 3.52. The Bertz CT molecular complexity index is 1310. The first-order chi connectivity index (χ1) is 16.5. The van der Waals surface area contributed by atoms with Gasteiger partial charge >= 0.3 is 5.97 Å². The number of carbonyl (C=O) groups excluding carboxylic acids is 1. The van der Waals surface area contributed by atoms with Crippen LogP contribution >= 0.6 is 0 Å². The van der Waals surface area contributed by atoms with Gasteiger partial charge in [0.05, 0.1) is 23.8 Å². The zero-order valence-electron chi connectivity index (χ0n) is 19.2. The molecule has 0 radical (unpaired) electrons. The van der Waals surface area contributed by atoms with Crippen LogP contribution in [-0.2, 0) is 11.8 Å². The second-order valence-corrected chi connectivity index (χ2v) is 8.57. The Morgan fingerprint density at radius 3 is 2.71 bits per heavy atom. The molecular formula is C25H26N6O3. The molecule has 1 unspecified atom stereocenters. The Labute approximate surface area is 197 Å². The van der Waals surface area contributed by atoms with E-state index in [1.165, 1.54) is 12.8 Å². The molecule has 1 fully saturated rings. The highest BCUT2D eigenvalue weighted by Crippen LogP contribution is 2.48. The zero-order chi connectivity index (χ0) is 23.8. The first kappa shape index (κ1) is 21.8. The SMILES string of the molecule is CCOC(=O)c1nccn1-c1ccc(C2C(C#N)=C(N)Oc3c2c(C2CCCC2)nn3C)cc1. The van der Waals surface area contributed by atoms with Crippen LogP contribution in [0.2, 0.25) is 0 Å². The van der Waals surface area contributed by atoms with Crippen LogP contribution in [0.5, 0.6) is 5.88 Å². The van der Waals surface area contributed by atoms with Crippen LogP contribution in [-0.4, -0.2) is 31.9 Å². The summed E-state index contributed by atoms with van der Waals surface area (Å²) in [6, 6.07) is 9.94. The molecule has 3 heterocycles. The number of carbonyl (C=O) groups is 1. The van der Waals surface area contributed by atoms with Crippen LogP contribution in [0.3, 0.4) is 0 Å². The van der Waals surface area contributed by atoms with Crippen molar-refractivity contribution in [1.29, 1.82) is 5.26 Å². The summed E-state index contributed by atoms with van der Waals surface area (Å²) in [5.74, 6) is 0.387. The van der Waals surface area contributed by atoms with Crippen molar-refractivity contribution in [3.63, 3.8) is 0 Å². The number of benzene rings is 1. The van der Waals surface area contributed by atoms with Crippen molar-refractivity contribution in [2.45, 2.75) is 44.4 Å². The van der Waals surface area contributed by atoms with Crippen LogP contribution in [0.15, 0.2) is 48.1 Å². The highest BCUT2D eigenvalue weighted by molar-refractivity contribution is 5.86. The summed E-state index contributed by atoms with van der Waals surface area (Å²) in [4.78, 5) is 16.4. The fourth-order valence-electron chi connectivity index (χ4n) is 5.02. The molecule has 9 nitrogen and oxygen atoms in total. The lowest BCUT2D eigenvalue weighted by molar-refractivity contribution is 0.0510. The smallest absolute Gasteiger partial charge is 0.374 e. The van der Waals surface area contributed by atoms with E-state index in [4.69, 9.17) is 20.3 Å². The second-order valence-electron chi connectivity index (χ2n) is 8.57. The van der Waals surface area contributed by atoms with Crippen molar-refractivity contribution in [2.75, 3.05) is 6.61 Å². The number of nitrogens with zero attached hydrogens (tertiary/aromatic N) is 5. The number of nitriles is 1. The number of aryl methyl sites for hydroxylation is 1. The van der Waals surface area contributed by atoms with Crippen LogP contribution < -0.4 is 10.5 Å². The molecule has 5 rings (SSSR count). The molecule has 3 aromatic rings. The molecule has 9 heteroatoms. The van der Waals surface area contributed by atoms with Crippen molar-refractivity contribution < 1.29 is 14.3 Å². The van der Waals surface area contributed by atoms with Crippen molar-refractivity contribution >= 4 is 5.97 Å². The van der Waals surface area contributed by atoms with Crippen LogP contribution in [0.25, 0.3) is 5.69 Å². The summed E-state index contributed by atoms with van der Waals surface area (Å²) in [6.45, 7) is 2.03. The molecule has 0 bridgehead atoms. The number of ether oxygens (including phenoxy) is 2. The highest BCUT2D eigenvalue weighted by atomic mass is 16.5. The minimum atomic E-state index is -0.482. The van der Waals surface area contributed by atoms with Crippen LogP contribution in [0.1, 0.15) is 71.9 Å². The molecule has 34 heavy (non-hydrogen) atoms. The zero-order valence-corrected chi connectivity index (χ0v) is 19.2. The van der Waals surface area contributed by atoms with E-state index >= 15 is 0 Å². The monoisotopic (exact) mass is 458 g/mol. The minimum absolute atomic E-state index is 0.101. The van der Waals surface area contributed by atoms with Crippen molar-refractivity contribution in [3.8, 4) is 17.6 Å². The maximum Gasteiger partial charge on any atom is 0.374 e. The van der Waals surface area contributed by atoms with E-state index in [0.29, 0.717) is 17.4 Å². The lowest BCUT2D eigenvalue weighted by Crippen LogP contribution is -2.22. The van der Waals surface area contributed by atoms with Gasteiger partial charge in [0, 0.05) is 31.0 Å². The maximum atomic E-state index is 12.3. The second kappa shape index (κ2) is 8.71. The highest BCUT2D eigenvalue weighted by Gasteiger charge is 2.38. The summed E-state index contributed by atoms with van der Waals surface area (Å²) in [5, 5.41) is 14.8. The number of aromatic nitrogens is 4. The van der Waals surface area contributed by atoms with E-state index < -0.39 is 5.97 Å². The Hall–Kier alpha value is -4.06. The molecule has 1 aliphatic heterocycles. The number of esters is 1. The lowest BCUT2D eigenvalue weighted by Gasteiger charge is -2.26. The van der Waals surface area contributed by atoms with Gasteiger partial charge in [-0.05, 0) is 37.5 Å². The minimum Gasteiger partial charge on any atom is -0.460 e. The van der Waals surface area contributed by atoms with Gasteiger partial charge in [-0.1, -0.05) is 25.0 Å². The number of fused-ring (bicyclic) bond motifs is 1. The Morgan fingerprint density at radius 2 is 2.03 bits per heavy atom. The third-order valence-electron chi connectivity index (χ3n) is 6.57. The average molecular weight is 459 g/mol. The molecule has 0 spiro atoms. The maximum absolute atomic E-state index is 12.3. The summed E-state index contributed by atoms with van der Waals surface area (Å²) >= 11 is 0. The third-order valence-corrected chi connectivity index (χ3v) is 6.57. The molecule has 0 amide bonds. The predicted octanol–water partition coefficient (Wildman–Crippen LogP) is 3.66. The molecule has 1 aliphatic carbocycles. The fraction of sp³-hybridized carbons (Fsp3) is 0.360. The van der Waals surface area contributed by atoms with E-state index in [-0.39, 0.29) is 24.2 Å². The van der Waals surface area contributed by atoms with Crippen LogP contribution in [0.4, 0.5) is 0 Å². The topological polar surface area (TPSA) is 121 Å². The van der Waals surface area contributed by atoms with Crippen LogP contribution in [0, 0.1) is 11.3 Å². The number of hydrogen-bond donors (Lipinski definition) is 1. The number of imidazole rings is 1. The predicted molar refractivity (Wildman–Crippen MR) is 123 cm³/mol. The van der Waals surface area contributed by atoms with E-state index in [2.05, 4.69) is 11.1 Å². The molecule has 0 saturated heterocycles. The molecule has 2 aliphatic rings. The number of nitrogens with two attached hydrogens (primary N) is 1. The normalized spacial score (nSPS) is 17.9. The van der Waals surface area contributed by atoms with Crippen molar-refractivity contribution in [2.24, 2.45) is 12.8 Å². The van der Waals surface area contributed by atoms with E-state index in [1.807, 2.05) is 31.3 Å². The first-order valence-corrected chi connectivity index (χ1v) is 11.5. The first-order valence-electron chi connectivity index (χ1n) is 11.5. The molecule has 2 N–H and O–H groups in total. The van der Waals surface area contributed by atoms with Gasteiger partial charge in [-0.15, -0.1) is 0 Å². The van der Waals surface area contributed by atoms with Gasteiger partial charge in [0.15, 0.2) is 0 Å². The molecule has 174 valence electrons. The number of allylic oxidation sites excluding steroid dienone is 1. The van der Waals surface area contributed by atoms with Gasteiger partial charge in [0.25, 0.3) is 0 Å². The summed E-state index contributed by atoms with van der Waals surface area (Å²) in [6.07, 6.45) is 7.78. The molecule has 1 aromatic carbocycles. The van der Waals surface area contributed by atoms with E-state index in [9.17, 15) is 10.1 Å². The fourth-order valence-corrected chi connectivity index (χ4v) is 5.02. The van der Waals surface area contributed by atoms with Gasteiger partial charge in [-0.25, -0.2) is 14.5 Å². The van der Waals surface area contributed by atoms with Gasteiger partial charge in [-0.2, -0.15) is 10.4 Å². The summed E-state index contributed by atoms with van der Waals surface area (Å²) < 4.78 is 14.4. The van der Waals surface area contributed by atoms with Crippen molar-refractivity contribution in [1.82, 2.24) is 19.3 Å².